The third-order valence-electron chi connectivity index (χ3n) is 5.97. The molecule has 0 saturated heterocycles. The van der Waals surface area contributed by atoms with E-state index in [1.165, 1.54) is 31.2 Å². The molecule has 2 aliphatic rings. The summed E-state index contributed by atoms with van der Waals surface area (Å²) in [5.41, 5.74) is 1.39. The van der Waals surface area contributed by atoms with E-state index in [-0.39, 0.29) is 23.8 Å². The number of benzene rings is 1. The van der Waals surface area contributed by atoms with Crippen LogP contribution >= 0.6 is 0 Å². The fourth-order valence-electron chi connectivity index (χ4n) is 4.20. The minimum Gasteiger partial charge on any atom is -0.354 e. The van der Waals surface area contributed by atoms with Crippen LogP contribution in [0.25, 0.3) is 0 Å². The van der Waals surface area contributed by atoms with E-state index in [0.29, 0.717) is 18.9 Å². The Morgan fingerprint density at radius 1 is 0.920 bits per heavy atom. The Balaban J connectivity index is 1.39. The highest BCUT2D eigenvalue weighted by molar-refractivity contribution is 5.84. The number of amides is 2. The molecule has 0 radical (unpaired) electrons. The molecule has 0 aromatic heterocycles. The van der Waals surface area contributed by atoms with Gasteiger partial charge in [0.15, 0.2) is 0 Å². The lowest BCUT2D eigenvalue weighted by Gasteiger charge is -2.42. The van der Waals surface area contributed by atoms with Crippen molar-refractivity contribution in [3.05, 3.63) is 35.9 Å². The Morgan fingerprint density at radius 3 is 2.28 bits per heavy atom. The van der Waals surface area contributed by atoms with Crippen LogP contribution in [-0.2, 0) is 15.0 Å². The molecule has 4 heteroatoms. The van der Waals surface area contributed by atoms with Gasteiger partial charge in [0.2, 0.25) is 11.8 Å². The Hall–Kier alpha value is -1.84. The quantitative estimate of drug-likeness (QED) is 0.799. The molecule has 0 atom stereocenters. The van der Waals surface area contributed by atoms with E-state index in [1.54, 1.807) is 0 Å². The summed E-state index contributed by atoms with van der Waals surface area (Å²) in [7, 11) is 0. The third kappa shape index (κ3) is 4.83. The maximum Gasteiger partial charge on any atom is 0.239 e. The highest BCUT2D eigenvalue weighted by atomic mass is 16.2. The molecule has 0 unspecified atom stereocenters. The molecular formula is C21H30N2O2. The first-order chi connectivity index (χ1) is 12.2. The van der Waals surface area contributed by atoms with Crippen LogP contribution in [0.2, 0.25) is 0 Å². The average Bonchev–Trinajstić information content (AvgIpc) is 2.61. The predicted octanol–water partition coefficient (Wildman–Crippen LogP) is 3.31. The van der Waals surface area contributed by atoms with Gasteiger partial charge >= 0.3 is 0 Å². The van der Waals surface area contributed by atoms with E-state index in [4.69, 9.17) is 0 Å². The Bertz CT molecular complexity index is 575. The van der Waals surface area contributed by atoms with Crippen molar-refractivity contribution in [3.63, 3.8) is 0 Å². The third-order valence-corrected chi connectivity index (χ3v) is 5.97. The summed E-state index contributed by atoms with van der Waals surface area (Å²) in [5.74, 6) is 0.441. The van der Waals surface area contributed by atoms with Crippen LogP contribution in [0.1, 0.15) is 63.4 Å². The van der Waals surface area contributed by atoms with Crippen molar-refractivity contribution in [1.29, 1.82) is 0 Å². The zero-order chi connectivity index (χ0) is 17.5. The van der Waals surface area contributed by atoms with Crippen molar-refractivity contribution >= 4 is 11.8 Å². The number of carbonyl (C=O) groups is 2. The van der Waals surface area contributed by atoms with Crippen LogP contribution in [0.3, 0.4) is 0 Å². The molecule has 2 amide bonds. The molecule has 0 bridgehead atoms. The first-order valence-electron chi connectivity index (χ1n) is 9.77. The van der Waals surface area contributed by atoms with Crippen molar-refractivity contribution in [2.24, 2.45) is 5.92 Å². The maximum atomic E-state index is 12.1. The average molecular weight is 342 g/mol. The lowest BCUT2D eigenvalue weighted by atomic mass is 9.64. The van der Waals surface area contributed by atoms with Gasteiger partial charge in [-0.05, 0) is 37.2 Å². The van der Waals surface area contributed by atoms with Crippen molar-refractivity contribution in [1.82, 2.24) is 10.6 Å². The SMILES string of the molecule is O=C(CNC(=O)CC1CCCCC1)NCC1(c2ccccc2)CCC1. The van der Waals surface area contributed by atoms with Crippen LogP contribution in [-0.4, -0.2) is 24.9 Å². The second-order valence-electron chi connectivity index (χ2n) is 7.76. The topological polar surface area (TPSA) is 58.2 Å². The van der Waals surface area contributed by atoms with Crippen molar-refractivity contribution in [3.8, 4) is 0 Å². The molecule has 0 spiro atoms. The van der Waals surface area contributed by atoms with Crippen LogP contribution in [0, 0.1) is 5.92 Å². The smallest absolute Gasteiger partial charge is 0.239 e. The van der Waals surface area contributed by atoms with Crippen molar-refractivity contribution in [2.45, 2.75) is 63.2 Å². The zero-order valence-corrected chi connectivity index (χ0v) is 15.1. The van der Waals surface area contributed by atoms with E-state index >= 15 is 0 Å². The van der Waals surface area contributed by atoms with E-state index in [2.05, 4.69) is 34.9 Å². The van der Waals surface area contributed by atoms with Gasteiger partial charge in [-0.1, -0.05) is 56.0 Å². The first kappa shape index (κ1) is 18.0. The minimum atomic E-state index is -0.0841. The molecule has 1 aromatic rings. The van der Waals surface area contributed by atoms with Crippen molar-refractivity contribution in [2.75, 3.05) is 13.1 Å². The monoisotopic (exact) mass is 342 g/mol. The molecule has 4 nitrogen and oxygen atoms in total. The molecule has 1 aromatic carbocycles. The number of rotatable bonds is 7. The van der Waals surface area contributed by atoms with Gasteiger partial charge in [0.05, 0.1) is 6.54 Å². The van der Waals surface area contributed by atoms with Gasteiger partial charge in [0.25, 0.3) is 0 Å². The summed E-state index contributed by atoms with van der Waals surface area (Å²) in [6.07, 6.45) is 10.1. The van der Waals surface area contributed by atoms with Gasteiger partial charge in [0.1, 0.15) is 0 Å². The van der Waals surface area contributed by atoms with Gasteiger partial charge in [0, 0.05) is 18.4 Å². The number of hydrogen-bond acceptors (Lipinski definition) is 2. The van der Waals surface area contributed by atoms with Gasteiger partial charge in [-0.2, -0.15) is 0 Å². The summed E-state index contributed by atoms with van der Waals surface area (Å²) < 4.78 is 0. The van der Waals surface area contributed by atoms with E-state index in [0.717, 1.165) is 25.7 Å². The Labute approximate surface area is 150 Å². The Morgan fingerprint density at radius 2 is 1.64 bits per heavy atom. The second kappa shape index (κ2) is 8.50. The largest absolute Gasteiger partial charge is 0.354 e. The number of nitrogens with one attached hydrogen (secondary N) is 2. The summed E-state index contributed by atoms with van der Waals surface area (Å²) in [6, 6.07) is 10.4. The molecule has 136 valence electrons. The number of hydrogen-bond donors (Lipinski definition) is 2. The van der Waals surface area contributed by atoms with E-state index in [1.807, 2.05) is 6.07 Å². The lowest BCUT2D eigenvalue weighted by molar-refractivity contribution is -0.127. The van der Waals surface area contributed by atoms with Crippen LogP contribution in [0.15, 0.2) is 30.3 Å². The molecule has 2 N–H and O–H groups in total. The minimum absolute atomic E-state index is 0.0171. The summed E-state index contributed by atoms with van der Waals surface area (Å²) >= 11 is 0. The zero-order valence-electron chi connectivity index (χ0n) is 15.1. The highest BCUT2D eigenvalue weighted by Crippen LogP contribution is 2.43. The second-order valence-corrected chi connectivity index (χ2v) is 7.76. The fourth-order valence-corrected chi connectivity index (χ4v) is 4.20. The first-order valence-corrected chi connectivity index (χ1v) is 9.77. The number of carbonyl (C=O) groups excluding carboxylic acids is 2. The lowest BCUT2D eigenvalue weighted by Crippen LogP contribution is -2.47. The fraction of sp³-hybridized carbons (Fsp3) is 0.619. The van der Waals surface area contributed by atoms with E-state index in [9.17, 15) is 9.59 Å². The molecular weight excluding hydrogens is 312 g/mol. The summed E-state index contributed by atoms with van der Waals surface area (Å²) in [5, 5.41) is 5.82. The molecule has 3 rings (SSSR count). The summed E-state index contributed by atoms with van der Waals surface area (Å²) in [4.78, 5) is 24.1. The molecule has 25 heavy (non-hydrogen) atoms. The molecule has 2 aliphatic carbocycles. The molecule has 2 saturated carbocycles. The van der Waals surface area contributed by atoms with E-state index < -0.39 is 0 Å². The van der Waals surface area contributed by atoms with Crippen LogP contribution in [0.5, 0.6) is 0 Å². The van der Waals surface area contributed by atoms with Crippen LogP contribution < -0.4 is 10.6 Å². The maximum absolute atomic E-state index is 12.1. The van der Waals surface area contributed by atoms with Crippen molar-refractivity contribution < 1.29 is 9.59 Å². The van der Waals surface area contributed by atoms with Gasteiger partial charge in [-0.3, -0.25) is 9.59 Å². The van der Waals surface area contributed by atoms with Gasteiger partial charge in [-0.25, -0.2) is 0 Å². The molecule has 0 aliphatic heterocycles. The van der Waals surface area contributed by atoms with Crippen LogP contribution in [0.4, 0.5) is 0 Å². The molecule has 0 heterocycles. The highest BCUT2D eigenvalue weighted by Gasteiger charge is 2.38. The standard InChI is InChI=1S/C21H30N2O2/c24-19(14-17-8-3-1-4-9-17)22-15-20(25)23-16-21(12-7-13-21)18-10-5-2-6-11-18/h2,5-6,10-11,17H,1,3-4,7-9,12-16H2,(H,22,24)(H,23,25). The molecule has 2 fully saturated rings. The predicted molar refractivity (Wildman–Crippen MR) is 99.2 cm³/mol. The summed E-state index contributed by atoms with van der Waals surface area (Å²) in [6.45, 7) is 0.755. The van der Waals surface area contributed by atoms with Gasteiger partial charge in [-0.15, -0.1) is 0 Å². The Kier molecular flexibility index (Phi) is 6.11. The normalized spacial score (nSPS) is 19.7. The van der Waals surface area contributed by atoms with Gasteiger partial charge < -0.3 is 10.6 Å².